The zero-order valence-electron chi connectivity index (χ0n) is 9.35. The molecule has 0 aliphatic carbocycles. The van der Waals surface area contributed by atoms with Gasteiger partial charge in [-0.15, -0.1) is 0 Å². The number of carbonyl (C=O) groups is 1. The van der Waals surface area contributed by atoms with Crippen molar-refractivity contribution in [3.05, 3.63) is 0 Å². The molecule has 0 saturated heterocycles. The first-order valence-corrected chi connectivity index (χ1v) is 11.6. The average Bonchev–Trinajstić information content (AvgIpc) is 2.15. The molecule has 0 saturated carbocycles. The number of carbonyl (C=O) groups excluding carboxylic acids is 1. The van der Waals surface area contributed by atoms with E-state index in [0.717, 1.165) is 18.8 Å². The fraction of sp³-hybridized carbons (Fsp3) is 0.900. The van der Waals surface area contributed by atoms with E-state index in [1.807, 2.05) is 6.92 Å². The summed E-state index contributed by atoms with van der Waals surface area (Å²) in [5.41, 5.74) is 0. The second-order valence-electron chi connectivity index (χ2n) is 3.47. The van der Waals surface area contributed by atoms with E-state index in [4.69, 9.17) is 2.81 Å². The van der Waals surface area contributed by atoms with Gasteiger partial charge in [0.1, 0.15) is 0 Å². The molecular formula is C10H22O2Zr. The van der Waals surface area contributed by atoms with Crippen LogP contribution in [0.2, 0.25) is 12.4 Å². The van der Waals surface area contributed by atoms with Crippen LogP contribution in [-0.4, -0.2) is 5.97 Å². The van der Waals surface area contributed by atoms with Crippen molar-refractivity contribution in [1.82, 2.24) is 0 Å². The molecule has 0 aromatic carbocycles. The Kier molecular flexibility index (Phi) is 6.94. The Morgan fingerprint density at radius 2 is 1.54 bits per heavy atom. The number of rotatable bonds is 6. The third-order valence-corrected chi connectivity index (χ3v) is 13.8. The quantitative estimate of drug-likeness (QED) is 0.732. The van der Waals surface area contributed by atoms with Crippen LogP contribution in [0.1, 0.15) is 40.5 Å². The maximum atomic E-state index is 11.4. The molecule has 78 valence electrons. The van der Waals surface area contributed by atoms with E-state index in [9.17, 15) is 4.79 Å². The molecule has 0 aliphatic rings. The Hall–Kier alpha value is 0.353. The van der Waals surface area contributed by atoms with Crippen molar-refractivity contribution in [3.63, 3.8) is 0 Å². The third-order valence-electron chi connectivity index (χ3n) is 2.72. The van der Waals surface area contributed by atoms with Crippen LogP contribution < -0.4 is 0 Å². The SMILES string of the molecule is CCCC(=O)[O][Zr]([CH2]C)([CH2]C)[CH2]C. The minimum absolute atomic E-state index is 0.0452. The molecule has 2 nitrogen and oxygen atoms in total. The Morgan fingerprint density at radius 1 is 1.08 bits per heavy atom. The Balaban J connectivity index is 4.16. The average molecular weight is 266 g/mol. The Bertz CT molecular complexity index is 145. The summed E-state index contributed by atoms with van der Waals surface area (Å²) in [5, 5.41) is 0. The Morgan fingerprint density at radius 3 is 1.85 bits per heavy atom. The van der Waals surface area contributed by atoms with Crippen LogP contribution >= 0.6 is 0 Å². The van der Waals surface area contributed by atoms with Crippen LogP contribution in [0, 0.1) is 0 Å². The van der Waals surface area contributed by atoms with E-state index in [1.165, 1.54) is 0 Å². The molecule has 0 aromatic rings. The first-order valence-electron chi connectivity index (χ1n) is 5.36. The van der Waals surface area contributed by atoms with E-state index in [1.54, 1.807) is 0 Å². The third kappa shape index (κ3) is 4.40. The van der Waals surface area contributed by atoms with Crippen molar-refractivity contribution in [2.75, 3.05) is 0 Å². The minimum atomic E-state index is -2.42. The first kappa shape index (κ1) is 13.4. The van der Waals surface area contributed by atoms with Gasteiger partial charge in [-0.1, -0.05) is 0 Å². The summed E-state index contributed by atoms with van der Waals surface area (Å²) in [5.74, 6) is 0.0452. The van der Waals surface area contributed by atoms with Gasteiger partial charge in [-0.2, -0.15) is 0 Å². The summed E-state index contributed by atoms with van der Waals surface area (Å²) in [6.45, 7) is 8.52. The van der Waals surface area contributed by atoms with Crippen LogP contribution in [0.25, 0.3) is 0 Å². The van der Waals surface area contributed by atoms with E-state index >= 15 is 0 Å². The van der Waals surface area contributed by atoms with Gasteiger partial charge >= 0.3 is 87.2 Å². The molecule has 13 heavy (non-hydrogen) atoms. The molecular weight excluding hydrogens is 243 g/mol. The number of hydrogen-bond acceptors (Lipinski definition) is 2. The fourth-order valence-electron chi connectivity index (χ4n) is 1.46. The van der Waals surface area contributed by atoms with Crippen LogP contribution in [0.3, 0.4) is 0 Å². The van der Waals surface area contributed by atoms with E-state index in [-0.39, 0.29) is 5.97 Å². The molecule has 0 amide bonds. The molecule has 0 N–H and O–H groups in total. The molecule has 0 spiro atoms. The molecule has 0 heterocycles. The van der Waals surface area contributed by atoms with Crippen molar-refractivity contribution in [3.8, 4) is 0 Å². The van der Waals surface area contributed by atoms with Crippen LogP contribution in [0.4, 0.5) is 0 Å². The van der Waals surface area contributed by atoms with Crippen molar-refractivity contribution >= 4 is 5.97 Å². The topological polar surface area (TPSA) is 26.3 Å². The number of hydrogen-bond donors (Lipinski definition) is 0. The summed E-state index contributed by atoms with van der Waals surface area (Å²) in [4.78, 5) is 11.4. The van der Waals surface area contributed by atoms with Gasteiger partial charge in [0.25, 0.3) is 0 Å². The second kappa shape index (κ2) is 6.75. The maximum absolute atomic E-state index is 11.4. The molecule has 0 radical (unpaired) electrons. The van der Waals surface area contributed by atoms with Gasteiger partial charge in [0.05, 0.1) is 0 Å². The van der Waals surface area contributed by atoms with Gasteiger partial charge in [0.2, 0.25) is 0 Å². The predicted octanol–water partition coefficient (Wildman–Crippen LogP) is 3.71. The molecule has 0 bridgehead atoms. The molecule has 0 unspecified atom stereocenters. The van der Waals surface area contributed by atoms with Crippen molar-refractivity contribution in [2.45, 2.75) is 52.9 Å². The summed E-state index contributed by atoms with van der Waals surface area (Å²) in [6.07, 6.45) is 1.50. The van der Waals surface area contributed by atoms with Crippen molar-refractivity contribution < 1.29 is 28.3 Å². The van der Waals surface area contributed by atoms with Gasteiger partial charge in [0.15, 0.2) is 0 Å². The molecule has 0 rings (SSSR count). The second-order valence-corrected chi connectivity index (χ2v) is 15.0. The monoisotopic (exact) mass is 264 g/mol. The Labute approximate surface area is 87.1 Å². The van der Waals surface area contributed by atoms with E-state index in [0.29, 0.717) is 6.42 Å². The molecule has 0 aromatic heterocycles. The van der Waals surface area contributed by atoms with E-state index in [2.05, 4.69) is 20.8 Å². The van der Waals surface area contributed by atoms with Gasteiger partial charge in [-0.25, -0.2) is 0 Å². The first-order chi connectivity index (χ1) is 6.14. The zero-order chi connectivity index (χ0) is 10.3. The fourth-order valence-corrected chi connectivity index (χ4v) is 7.65. The predicted molar refractivity (Wildman–Crippen MR) is 52.4 cm³/mol. The summed E-state index contributed by atoms with van der Waals surface area (Å²) >= 11 is -2.42. The molecule has 3 heteroatoms. The summed E-state index contributed by atoms with van der Waals surface area (Å²) < 4.78 is 9.06. The summed E-state index contributed by atoms with van der Waals surface area (Å²) in [6, 6.07) is 0. The summed E-state index contributed by atoms with van der Waals surface area (Å²) in [7, 11) is 0. The van der Waals surface area contributed by atoms with E-state index < -0.39 is 20.7 Å². The van der Waals surface area contributed by atoms with Gasteiger partial charge in [-0.05, 0) is 0 Å². The van der Waals surface area contributed by atoms with Crippen molar-refractivity contribution in [1.29, 1.82) is 0 Å². The molecule has 0 aliphatic heterocycles. The zero-order valence-corrected chi connectivity index (χ0v) is 11.8. The standard InChI is InChI=1S/C4H8O2.3C2H5.Zr/c1-2-3-4(5)6;3*1-2;/h2-3H2,1H3,(H,5,6);3*1H2,2H3;/q;;;;+1/p-1. The van der Waals surface area contributed by atoms with Crippen LogP contribution in [0.15, 0.2) is 0 Å². The van der Waals surface area contributed by atoms with Crippen molar-refractivity contribution in [2.24, 2.45) is 0 Å². The van der Waals surface area contributed by atoms with Crippen LogP contribution in [-0.2, 0) is 28.3 Å². The molecule has 0 fully saturated rings. The normalized spacial score (nSPS) is 11.4. The van der Waals surface area contributed by atoms with Gasteiger partial charge in [-0.3, -0.25) is 0 Å². The van der Waals surface area contributed by atoms with Gasteiger partial charge < -0.3 is 0 Å². The molecule has 0 atom stereocenters. The van der Waals surface area contributed by atoms with Gasteiger partial charge in [0, 0.05) is 0 Å². The van der Waals surface area contributed by atoms with Crippen LogP contribution in [0.5, 0.6) is 0 Å².